The Bertz CT molecular complexity index is 487. The zero-order valence-corrected chi connectivity index (χ0v) is 8.35. The first-order chi connectivity index (χ1) is 6.75. The van der Waals surface area contributed by atoms with E-state index in [1.54, 1.807) is 0 Å². The molecule has 8 heteroatoms. The van der Waals surface area contributed by atoms with Crippen LogP contribution in [0.15, 0.2) is 11.1 Å². The Kier molecular flexibility index (Phi) is 3.00. The Balaban J connectivity index is 3.48. The number of primary sulfonamides is 1. The molecule has 15 heavy (non-hydrogen) atoms. The third-order valence-corrected chi connectivity index (χ3v) is 2.66. The van der Waals surface area contributed by atoms with Gasteiger partial charge in [0.1, 0.15) is 16.4 Å². The quantitative estimate of drug-likeness (QED) is 0.841. The van der Waals surface area contributed by atoms with Crippen molar-refractivity contribution in [3.05, 3.63) is 23.3 Å². The van der Waals surface area contributed by atoms with Gasteiger partial charge < -0.3 is 0 Å². The lowest BCUT2D eigenvalue weighted by molar-refractivity contribution is 0.144. The van der Waals surface area contributed by atoms with E-state index in [0.717, 1.165) is 6.92 Å². The van der Waals surface area contributed by atoms with Crippen molar-refractivity contribution < 1.29 is 21.6 Å². The van der Waals surface area contributed by atoms with Gasteiger partial charge in [0.2, 0.25) is 10.0 Å². The van der Waals surface area contributed by atoms with Crippen molar-refractivity contribution in [1.82, 2.24) is 4.98 Å². The van der Waals surface area contributed by atoms with Crippen LogP contribution in [-0.4, -0.2) is 13.4 Å². The Morgan fingerprint density at radius 2 is 2.00 bits per heavy atom. The number of sulfonamides is 1. The standard InChI is InChI=1S/C7H7F3N2O2S/c1-3-5(8)4(15(11,13)14)2-12-6(3)7(9)10/h2,7H,1H3,(H2,11,13,14). The first kappa shape index (κ1) is 11.9. The highest BCUT2D eigenvalue weighted by atomic mass is 32.2. The highest BCUT2D eigenvalue weighted by Gasteiger charge is 2.22. The second-order valence-electron chi connectivity index (χ2n) is 2.79. The molecule has 0 aliphatic heterocycles. The molecule has 0 atom stereocenters. The molecule has 4 nitrogen and oxygen atoms in total. The minimum Gasteiger partial charge on any atom is -0.253 e. The van der Waals surface area contributed by atoms with Crippen LogP contribution in [-0.2, 0) is 10.0 Å². The second-order valence-corrected chi connectivity index (χ2v) is 4.32. The fraction of sp³-hybridized carbons (Fsp3) is 0.286. The molecule has 0 aliphatic carbocycles. The van der Waals surface area contributed by atoms with E-state index in [0.29, 0.717) is 6.20 Å². The van der Waals surface area contributed by atoms with Crippen LogP contribution in [0.4, 0.5) is 13.2 Å². The number of hydrogen-bond donors (Lipinski definition) is 1. The van der Waals surface area contributed by atoms with Crippen molar-refractivity contribution in [3.8, 4) is 0 Å². The molecule has 0 saturated carbocycles. The van der Waals surface area contributed by atoms with E-state index in [4.69, 9.17) is 0 Å². The molecule has 1 aromatic heterocycles. The van der Waals surface area contributed by atoms with Crippen LogP contribution in [0.1, 0.15) is 17.7 Å². The molecule has 1 aromatic rings. The first-order valence-electron chi connectivity index (χ1n) is 3.71. The van der Waals surface area contributed by atoms with E-state index >= 15 is 0 Å². The van der Waals surface area contributed by atoms with Gasteiger partial charge in [-0.3, -0.25) is 4.98 Å². The molecular weight excluding hydrogens is 233 g/mol. The summed E-state index contributed by atoms with van der Waals surface area (Å²) in [7, 11) is -4.28. The van der Waals surface area contributed by atoms with Gasteiger partial charge in [0.25, 0.3) is 6.43 Å². The van der Waals surface area contributed by atoms with Gasteiger partial charge in [-0.15, -0.1) is 0 Å². The van der Waals surface area contributed by atoms with Crippen LogP contribution in [0.2, 0.25) is 0 Å². The normalized spacial score (nSPS) is 12.1. The van der Waals surface area contributed by atoms with Crippen LogP contribution < -0.4 is 5.14 Å². The summed E-state index contributed by atoms with van der Waals surface area (Å²) in [5.41, 5.74) is -1.31. The number of hydrogen-bond acceptors (Lipinski definition) is 3. The van der Waals surface area contributed by atoms with Gasteiger partial charge in [-0.05, 0) is 6.92 Å². The molecular formula is C7H7F3N2O2S. The fourth-order valence-electron chi connectivity index (χ4n) is 0.997. The van der Waals surface area contributed by atoms with Crippen LogP contribution in [0, 0.1) is 12.7 Å². The second kappa shape index (κ2) is 3.78. The number of aromatic nitrogens is 1. The van der Waals surface area contributed by atoms with E-state index in [1.807, 2.05) is 0 Å². The van der Waals surface area contributed by atoms with Crippen molar-refractivity contribution in [2.45, 2.75) is 18.2 Å². The van der Waals surface area contributed by atoms with Crippen LogP contribution in [0.3, 0.4) is 0 Å². The smallest absolute Gasteiger partial charge is 0.253 e. The van der Waals surface area contributed by atoms with Gasteiger partial charge in [0.15, 0.2) is 0 Å². The van der Waals surface area contributed by atoms with Crippen molar-refractivity contribution >= 4 is 10.0 Å². The summed E-state index contributed by atoms with van der Waals surface area (Å²) in [4.78, 5) is 2.27. The number of nitrogens with two attached hydrogens (primary N) is 1. The molecule has 84 valence electrons. The molecule has 0 fully saturated rings. The lowest BCUT2D eigenvalue weighted by Crippen LogP contribution is -2.16. The summed E-state index contributed by atoms with van der Waals surface area (Å²) in [6.07, 6.45) is -2.48. The van der Waals surface area contributed by atoms with E-state index in [2.05, 4.69) is 10.1 Å². The number of alkyl halides is 2. The molecule has 0 bridgehead atoms. The molecule has 0 unspecified atom stereocenters. The van der Waals surface area contributed by atoms with Crippen molar-refractivity contribution in [2.75, 3.05) is 0 Å². The van der Waals surface area contributed by atoms with E-state index < -0.39 is 38.4 Å². The predicted molar refractivity (Wildman–Crippen MR) is 45.3 cm³/mol. The van der Waals surface area contributed by atoms with Gasteiger partial charge in [-0.25, -0.2) is 26.7 Å². The highest BCUT2D eigenvalue weighted by Crippen LogP contribution is 2.24. The molecule has 1 heterocycles. The summed E-state index contributed by atoms with van der Waals surface area (Å²) in [6, 6.07) is 0. The fourth-order valence-corrected chi connectivity index (χ4v) is 1.60. The Hall–Kier alpha value is -1.15. The number of nitrogens with zero attached hydrogens (tertiary/aromatic N) is 1. The monoisotopic (exact) mass is 240 g/mol. The van der Waals surface area contributed by atoms with Crippen LogP contribution >= 0.6 is 0 Å². The maximum absolute atomic E-state index is 13.3. The lowest BCUT2D eigenvalue weighted by atomic mass is 10.2. The third-order valence-electron chi connectivity index (χ3n) is 1.76. The third kappa shape index (κ3) is 2.26. The summed E-state index contributed by atoms with van der Waals surface area (Å²) in [5.74, 6) is -1.29. The lowest BCUT2D eigenvalue weighted by Gasteiger charge is -2.07. The largest absolute Gasteiger partial charge is 0.280 e. The number of rotatable bonds is 2. The number of halogens is 3. The highest BCUT2D eigenvalue weighted by molar-refractivity contribution is 7.89. The summed E-state index contributed by atoms with van der Waals surface area (Å²) in [5, 5.41) is 4.66. The zero-order chi connectivity index (χ0) is 11.8. The molecule has 2 N–H and O–H groups in total. The minimum absolute atomic E-state index is 0.485. The Morgan fingerprint density at radius 3 is 2.40 bits per heavy atom. The molecule has 0 aliphatic rings. The van der Waals surface area contributed by atoms with E-state index in [1.165, 1.54) is 0 Å². The van der Waals surface area contributed by atoms with Gasteiger partial charge in [-0.1, -0.05) is 0 Å². The van der Waals surface area contributed by atoms with Gasteiger partial charge in [0, 0.05) is 5.56 Å². The Labute approximate surface area is 84.0 Å². The van der Waals surface area contributed by atoms with Crippen molar-refractivity contribution in [3.63, 3.8) is 0 Å². The topological polar surface area (TPSA) is 73.0 Å². The van der Waals surface area contributed by atoms with Crippen molar-refractivity contribution in [1.29, 1.82) is 0 Å². The van der Waals surface area contributed by atoms with Crippen LogP contribution in [0.25, 0.3) is 0 Å². The van der Waals surface area contributed by atoms with Gasteiger partial charge in [0.05, 0.1) is 6.20 Å². The maximum Gasteiger partial charge on any atom is 0.280 e. The summed E-state index contributed by atoms with van der Waals surface area (Å²) >= 11 is 0. The average Bonchev–Trinajstić information content (AvgIpc) is 2.06. The Morgan fingerprint density at radius 1 is 1.47 bits per heavy atom. The van der Waals surface area contributed by atoms with E-state index in [-0.39, 0.29) is 0 Å². The molecule has 1 rings (SSSR count). The van der Waals surface area contributed by atoms with E-state index in [9.17, 15) is 21.6 Å². The average molecular weight is 240 g/mol. The molecule has 0 spiro atoms. The summed E-state index contributed by atoms with van der Waals surface area (Å²) in [6.45, 7) is 1.01. The zero-order valence-electron chi connectivity index (χ0n) is 7.54. The number of pyridine rings is 1. The SMILES string of the molecule is Cc1c(C(F)F)ncc(S(N)(=O)=O)c1F. The maximum atomic E-state index is 13.3. The molecule has 0 saturated heterocycles. The van der Waals surface area contributed by atoms with Crippen LogP contribution in [0.5, 0.6) is 0 Å². The van der Waals surface area contributed by atoms with Gasteiger partial charge in [-0.2, -0.15) is 0 Å². The molecule has 0 aromatic carbocycles. The van der Waals surface area contributed by atoms with Gasteiger partial charge >= 0.3 is 0 Å². The minimum atomic E-state index is -4.28. The predicted octanol–water partition coefficient (Wildman–Crippen LogP) is 1.11. The van der Waals surface area contributed by atoms with Crippen molar-refractivity contribution in [2.24, 2.45) is 5.14 Å². The molecule has 0 radical (unpaired) electrons. The molecule has 0 amide bonds. The first-order valence-corrected chi connectivity index (χ1v) is 5.25. The summed E-state index contributed by atoms with van der Waals surface area (Å²) < 4.78 is 59.3.